The summed E-state index contributed by atoms with van der Waals surface area (Å²) in [5, 5.41) is 17.0. The zero-order valence-electron chi connectivity index (χ0n) is 19.1. The van der Waals surface area contributed by atoms with Crippen molar-refractivity contribution in [3.63, 3.8) is 0 Å². The van der Waals surface area contributed by atoms with E-state index in [1.54, 1.807) is 0 Å². The van der Waals surface area contributed by atoms with Crippen molar-refractivity contribution < 1.29 is 40.6 Å². The van der Waals surface area contributed by atoms with Crippen molar-refractivity contribution >= 4 is 29.5 Å². The van der Waals surface area contributed by atoms with Gasteiger partial charge < -0.3 is 5.11 Å². The Bertz CT molecular complexity index is 1530. The predicted molar refractivity (Wildman–Crippen MR) is 129 cm³/mol. The number of benzene rings is 3. The van der Waals surface area contributed by atoms with Gasteiger partial charge in [0.2, 0.25) is 0 Å². The summed E-state index contributed by atoms with van der Waals surface area (Å²) in [4.78, 5) is 11.1. The molecular weight excluding hydrogens is 557 g/mol. The van der Waals surface area contributed by atoms with Crippen LogP contribution in [0.5, 0.6) is 0 Å². The fraction of sp³-hybridized carbons (Fsp3) is 0.0800. The van der Waals surface area contributed by atoms with Gasteiger partial charge in [-0.2, -0.15) is 36.5 Å². The summed E-state index contributed by atoms with van der Waals surface area (Å²) in [7, 11) is 0. The van der Waals surface area contributed by atoms with Crippen LogP contribution < -0.4 is 5.43 Å². The molecule has 39 heavy (non-hydrogen) atoms. The van der Waals surface area contributed by atoms with Gasteiger partial charge in [0.25, 0.3) is 0 Å². The minimum Gasteiger partial charge on any atom is -0.478 e. The molecule has 4 rings (SSSR count). The van der Waals surface area contributed by atoms with Gasteiger partial charge in [-0.25, -0.2) is 13.9 Å². The first-order valence-electron chi connectivity index (χ1n) is 10.7. The van der Waals surface area contributed by atoms with E-state index in [0.717, 1.165) is 17.0 Å². The highest BCUT2D eigenvalue weighted by Crippen LogP contribution is 2.39. The first-order chi connectivity index (χ1) is 18.2. The molecule has 1 aromatic heterocycles. The lowest BCUT2D eigenvalue weighted by Crippen LogP contribution is -2.11. The Labute approximate surface area is 220 Å². The van der Waals surface area contributed by atoms with E-state index in [-0.39, 0.29) is 39.3 Å². The number of carbonyl (C=O) groups is 1. The number of carboxylic acids is 1. The molecule has 0 unspecified atom stereocenters. The number of nitrogens with zero attached hydrogens (tertiary/aromatic N) is 3. The topological polar surface area (TPSA) is 79.5 Å². The molecule has 1 heterocycles. The number of anilines is 1. The zero-order valence-corrected chi connectivity index (χ0v) is 19.9. The van der Waals surface area contributed by atoms with Crippen LogP contribution in [-0.4, -0.2) is 27.1 Å². The molecule has 2 N–H and O–H groups in total. The maximum atomic E-state index is 13.5. The summed E-state index contributed by atoms with van der Waals surface area (Å²) in [6.45, 7) is 0. The molecule has 0 fully saturated rings. The molecule has 3 aromatic carbocycles. The lowest BCUT2D eigenvalue weighted by molar-refractivity contribution is -0.143. The van der Waals surface area contributed by atoms with Crippen LogP contribution in [0.3, 0.4) is 0 Å². The van der Waals surface area contributed by atoms with E-state index >= 15 is 0 Å². The van der Waals surface area contributed by atoms with Crippen LogP contribution >= 0.6 is 11.6 Å². The lowest BCUT2D eigenvalue weighted by atomic mass is 10.0. The third-order valence-corrected chi connectivity index (χ3v) is 5.59. The average Bonchev–Trinajstić information content (AvgIpc) is 3.29. The Morgan fingerprint density at radius 3 is 2.10 bits per heavy atom. The van der Waals surface area contributed by atoms with Crippen molar-refractivity contribution in [2.45, 2.75) is 12.4 Å². The molecule has 0 aliphatic heterocycles. The maximum absolute atomic E-state index is 13.5. The molecule has 6 nitrogen and oxygen atoms in total. The molecular formula is C25H14ClF7N4O2. The van der Waals surface area contributed by atoms with E-state index in [1.807, 2.05) is 0 Å². The highest BCUT2D eigenvalue weighted by molar-refractivity contribution is 6.31. The number of aromatic carboxylic acids is 1. The minimum absolute atomic E-state index is 0.00128. The standard InChI is InChI=1S/C25H14ClF7N4O2/c26-20-10-18(3-6-21(20)27)35-34-11-15-12-37(19-4-1-13(2-5-19)23(38)39)36-22(15)14-7-16(24(28,29)30)9-17(8-14)25(31,32)33/h1-12,35H,(H,38,39)/b34-11+. The Kier molecular flexibility index (Phi) is 7.37. The molecule has 202 valence electrons. The van der Waals surface area contributed by atoms with E-state index < -0.39 is 40.8 Å². The van der Waals surface area contributed by atoms with E-state index in [0.29, 0.717) is 12.1 Å². The van der Waals surface area contributed by atoms with Crippen molar-refractivity contribution in [1.82, 2.24) is 9.78 Å². The summed E-state index contributed by atoms with van der Waals surface area (Å²) in [6.07, 6.45) is -7.79. The van der Waals surface area contributed by atoms with E-state index in [4.69, 9.17) is 16.7 Å². The smallest absolute Gasteiger partial charge is 0.416 e. The van der Waals surface area contributed by atoms with Gasteiger partial charge in [-0.1, -0.05) is 11.6 Å². The molecule has 0 bridgehead atoms. The summed E-state index contributed by atoms with van der Waals surface area (Å²) in [5.74, 6) is -1.89. The van der Waals surface area contributed by atoms with Crippen LogP contribution in [0.1, 0.15) is 27.0 Å². The summed E-state index contributed by atoms with van der Waals surface area (Å²) in [5.41, 5.74) is -0.844. The highest BCUT2D eigenvalue weighted by Gasteiger charge is 2.37. The number of hydrogen-bond donors (Lipinski definition) is 2. The fourth-order valence-electron chi connectivity index (χ4n) is 3.43. The number of nitrogens with one attached hydrogen (secondary N) is 1. The molecule has 14 heteroatoms. The summed E-state index contributed by atoms with van der Waals surface area (Å²) >= 11 is 5.72. The molecule has 0 atom stereocenters. The van der Waals surface area contributed by atoms with Crippen molar-refractivity contribution in [3.05, 3.63) is 100.0 Å². The van der Waals surface area contributed by atoms with Crippen molar-refractivity contribution in [2.75, 3.05) is 5.43 Å². The van der Waals surface area contributed by atoms with Crippen molar-refractivity contribution in [2.24, 2.45) is 5.10 Å². The van der Waals surface area contributed by atoms with Gasteiger partial charge >= 0.3 is 18.3 Å². The summed E-state index contributed by atoms with van der Waals surface area (Å²) in [6, 6.07) is 9.84. The molecule has 0 aliphatic carbocycles. The molecule has 0 saturated carbocycles. The second kappa shape index (κ2) is 10.4. The SMILES string of the molecule is O=C(O)c1ccc(-n2cc(/C=N/Nc3ccc(F)c(Cl)c3)c(-c3cc(C(F)(F)F)cc(C(F)(F)F)c3)n2)cc1. The van der Waals surface area contributed by atoms with Crippen LogP contribution in [0, 0.1) is 5.82 Å². The number of aromatic nitrogens is 2. The molecule has 0 aliphatic rings. The Morgan fingerprint density at radius 2 is 1.56 bits per heavy atom. The minimum atomic E-state index is -5.08. The third kappa shape index (κ3) is 6.37. The van der Waals surface area contributed by atoms with Gasteiger partial charge in [0.1, 0.15) is 11.5 Å². The predicted octanol–water partition coefficient (Wildman–Crippen LogP) is 7.51. The van der Waals surface area contributed by atoms with Gasteiger partial charge in [0.15, 0.2) is 0 Å². The van der Waals surface area contributed by atoms with E-state index in [1.165, 1.54) is 42.6 Å². The largest absolute Gasteiger partial charge is 0.478 e. The Hall–Kier alpha value is -4.39. The second-order valence-electron chi connectivity index (χ2n) is 8.02. The van der Waals surface area contributed by atoms with E-state index in [2.05, 4.69) is 15.6 Å². The van der Waals surface area contributed by atoms with Crippen molar-refractivity contribution in [1.29, 1.82) is 0 Å². The first-order valence-corrected chi connectivity index (χ1v) is 11.1. The van der Waals surface area contributed by atoms with Crippen molar-refractivity contribution in [3.8, 4) is 16.9 Å². The van der Waals surface area contributed by atoms with Crippen LogP contribution in [0.4, 0.5) is 36.4 Å². The van der Waals surface area contributed by atoms with E-state index in [9.17, 15) is 35.5 Å². The fourth-order valence-corrected chi connectivity index (χ4v) is 3.61. The number of alkyl halides is 6. The monoisotopic (exact) mass is 570 g/mol. The normalized spacial score (nSPS) is 12.2. The molecule has 0 saturated heterocycles. The number of hydrazone groups is 1. The van der Waals surface area contributed by atoms with Gasteiger partial charge in [0.05, 0.1) is 39.3 Å². The van der Waals surface area contributed by atoms with Gasteiger partial charge in [-0.05, 0) is 60.7 Å². The Balaban J connectivity index is 1.83. The van der Waals surface area contributed by atoms with Gasteiger partial charge in [-0.15, -0.1) is 0 Å². The Morgan fingerprint density at radius 1 is 0.949 bits per heavy atom. The number of halogens is 8. The molecule has 4 aromatic rings. The van der Waals surface area contributed by atoms with Crippen LogP contribution in [0.2, 0.25) is 5.02 Å². The third-order valence-electron chi connectivity index (χ3n) is 5.30. The zero-order chi connectivity index (χ0) is 28.5. The first kappa shape index (κ1) is 27.6. The van der Waals surface area contributed by atoms with Gasteiger partial charge in [0, 0.05) is 17.3 Å². The highest BCUT2D eigenvalue weighted by atomic mass is 35.5. The molecule has 0 radical (unpaired) electrons. The molecule has 0 spiro atoms. The second-order valence-corrected chi connectivity index (χ2v) is 8.43. The number of hydrogen-bond acceptors (Lipinski definition) is 4. The van der Waals surface area contributed by atoms with Crippen LogP contribution in [0.15, 0.2) is 72.0 Å². The lowest BCUT2D eigenvalue weighted by Gasteiger charge is -2.13. The number of carboxylic acid groups (broad SMARTS) is 1. The summed E-state index contributed by atoms with van der Waals surface area (Å²) < 4.78 is 95.3. The average molecular weight is 571 g/mol. The van der Waals surface area contributed by atoms with Crippen LogP contribution in [0.25, 0.3) is 16.9 Å². The quantitative estimate of drug-likeness (QED) is 0.143. The van der Waals surface area contributed by atoms with Crippen LogP contribution in [-0.2, 0) is 12.4 Å². The van der Waals surface area contributed by atoms with Gasteiger partial charge in [-0.3, -0.25) is 5.43 Å². The maximum Gasteiger partial charge on any atom is 0.416 e. The number of rotatable bonds is 6. The molecule has 0 amide bonds.